The summed E-state index contributed by atoms with van der Waals surface area (Å²) < 4.78 is 43.5. The summed E-state index contributed by atoms with van der Waals surface area (Å²) in [6.45, 7) is 0. The van der Waals surface area contributed by atoms with Crippen LogP contribution in [0, 0.1) is 0 Å². The topological polar surface area (TPSA) is 42.2 Å². The van der Waals surface area contributed by atoms with Crippen LogP contribution in [0.1, 0.15) is 11.3 Å². The number of amides is 1. The van der Waals surface area contributed by atoms with E-state index < -0.39 is 17.6 Å². The third kappa shape index (κ3) is 4.38. The Labute approximate surface area is 136 Å². The summed E-state index contributed by atoms with van der Waals surface area (Å²) in [5, 5.41) is 2.30. The van der Waals surface area contributed by atoms with E-state index in [1.54, 1.807) is 12.1 Å². The highest BCUT2D eigenvalue weighted by molar-refractivity contribution is 9.10. The lowest BCUT2D eigenvalue weighted by molar-refractivity contribution is -0.137. The van der Waals surface area contributed by atoms with Crippen molar-refractivity contribution in [3.63, 3.8) is 0 Å². The van der Waals surface area contributed by atoms with E-state index in [1.807, 2.05) is 0 Å². The SMILES string of the molecule is O=C(C=Cc1ccc(Br)o1)Nc1cc(C(F)(F)F)ccc1Cl. The zero-order valence-electron chi connectivity index (χ0n) is 10.7. The van der Waals surface area contributed by atoms with Gasteiger partial charge in [0.05, 0.1) is 16.3 Å². The summed E-state index contributed by atoms with van der Waals surface area (Å²) in [5.74, 6) is -0.217. The maximum atomic E-state index is 12.6. The zero-order valence-corrected chi connectivity index (χ0v) is 13.1. The van der Waals surface area contributed by atoms with Crippen molar-refractivity contribution in [2.45, 2.75) is 6.18 Å². The van der Waals surface area contributed by atoms with E-state index in [9.17, 15) is 18.0 Å². The molecule has 0 spiro atoms. The number of alkyl halides is 3. The van der Waals surface area contributed by atoms with Crippen molar-refractivity contribution >= 4 is 45.2 Å². The second-order valence-electron chi connectivity index (χ2n) is 4.16. The molecule has 0 saturated carbocycles. The van der Waals surface area contributed by atoms with Gasteiger partial charge >= 0.3 is 6.18 Å². The summed E-state index contributed by atoms with van der Waals surface area (Å²) in [6, 6.07) is 5.95. The molecule has 2 aromatic rings. The Bertz CT molecular complexity index is 725. The molecule has 0 bridgehead atoms. The first-order valence-electron chi connectivity index (χ1n) is 5.87. The largest absolute Gasteiger partial charge is 0.450 e. The van der Waals surface area contributed by atoms with Gasteiger partial charge in [-0.3, -0.25) is 4.79 Å². The van der Waals surface area contributed by atoms with Gasteiger partial charge in [0.15, 0.2) is 4.67 Å². The second-order valence-corrected chi connectivity index (χ2v) is 5.35. The Balaban J connectivity index is 2.13. The lowest BCUT2D eigenvalue weighted by Crippen LogP contribution is -2.10. The molecule has 0 fully saturated rings. The number of benzene rings is 1. The minimum atomic E-state index is -4.51. The van der Waals surface area contributed by atoms with Crippen LogP contribution in [0.3, 0.4) is 0 Å². The van der Waals surface area contributed by atoms with Gasteiger partial charge in [0.2, 0.25) is 5.91 Å². The Hall–Kier alpha value is -1.73. The van der Waals surface area contributed by atoms with Gasteiger partial charge < -0.3 is 9.73 Å². The molecule has 2 rings (SSSR count). The van der Waals surface area contributed by atoms with Gasteiger partial charge in [-0.2, -0.15) is 13.2 Å². The highest BCUT2D eigenvalue weighted by Gasteiger charge is 2.31. The zero-order chi connectivity index (χ0) is 16.3. The molecule has 0 unspecified atom stereocenters. The molecule has 22 heavy (non-hydrogen) atoms. The van der Waals surface area contributed by atoms with Gasteiger partial charge in [0.25, 0.3) is 0 Å². The summed E-state index contributed by atoms with van der Waals surface area (Å²) in [6.07, 6.45) is -2.01. The number of carbonyl (C=O) groups is 1. The fourth-order valence-corrected chi connectivity index (χ4v) is 2.03. The predicted octanol–water partition coefficient (Wildman–Crippen LogP) is 5.37. The molecule has 1 heterocycles. The summed E-state index contributed by atoms with van der Waals surface area (Å²) in [5.41, 5.74) is -1.02. The van der Waals surface area contributed by atoms with Gasteiger partial charge in [0.1, 0.15) is 5.76 Å². The highest BCUT2D eigenvalue weighted by atomic mass is 79.9. The van der Waals surface area contributed by atoms with Crippen molar-refractivity contribution in [1.82, 2.24) is 0 Å². The monoisotopic (exact) mass is 393 g/mol. The number of halogens is 5. The van der Waals surface area contributed by atoms with Crippen LogP contribution in [0.2, 0.25) is 5.02 Å². The lowest BCUT2D eigenvalue weighted by atomic mass is 10.2. The predicted molar refractivity (Wildman–Crippen MR) is 80.5 cm³/mol. The van der Waals surface area contributed by atoms with E-state index in [2.05, 4.69) is 21.2 Å². The van der Waals surface area contributed by atoms with Crippen molar-refractivity contribution in [2.24, 2.45) is 0 Å². The molecule has 0 saturated heterocycles. The summed E-state index contributed by atoms with van der Waals surface area (Å²) in [4.78, 5) is 11.7. The van der Waals surface area contributed by atoms with Crippen LogP contribution < -0.4 is 5.32 Å². The summed E-state index contributed by atoms with van der Waals surface area (Å²) >= 11 is 8.88. The molecule has 0 aliphatic heterocycles. The van der Waals surface area contributed by atoms with Crippen LogP contribution in [-0.4, -0.2) is 5.91 Å². The van der Waals surface area contributed by atoms with E-state index in [0.717, 1.165) is 24.3 Å². The number of rotatable bonds is 3. The van der Waals surface area contributed by atoms with Crippen molar-refractivity contribution in [2.75, 3.05) is 5.32 Å². The molecule has 0 aliphatic rings. The van der Waals surface area contributed by atoms with Crippen LogP contribution in [0.25, 0.3) is 6.08 Å². The van der Waals surface area contributed by atoms with E-state index in [0.29, 0.717) is 10.4 Å². The molecule has 3 nitrogen and oxygen atoms in total. The molecule has 1 aromatic heterocycles. The molecule has 1 amide bonds. The molecule has 1 N–H and O–H groups in total. The van der Waals surface area contributed by atoms with Crippen molar-refractivity contribution in [3.8, 4) is 0 Å². The summed E-state index contributed by atoms with van der Waals surface area (Å²) in [7, 11) is 0. The highest BCUT2D eigenvalue weighted by Crippen LogP contribution is 2.33. The Morgan fingerprint density at radius 3 is 2.59 bits per heavy atom. The Morgan fingerprint density at radius 2 is 2.00 bits per heavy atom. The van der Waals surface area contributed by atoms with Gasteiger partial charge in [-0.15, -0.1) is 0 Å². The first kappa shape index (κ1) is 16.6. The first-order chi connectivity index (χ1) is 10.3. The van der Waals surface area contributed by atoms with Crippen LogP contribution in [0.15, 0.2) is 45.5 Å². The minimum absolute atomic E-state index is 0.00972. The third-order valence-electron chi connectivity index (χ3n) is 2.54. The van der Waals surface area contributed by atoms with Crippen molar-refractivity contribution in [1.29, 1.82) is 0 Å². The van der Waals surface area contributed by atoms with Gasteiger partial charge in [-0.1, -0.05) is 11.6 Å². The van der Waals surface area contributed by atoms with E-state index in [4.69, 9.17) is 16.0 Å². The number of furan rings is 1. The fourth-order valence-electron chi connectivity index (χ4n) is 1.55. The number of carbonyl (C=O) groups excluding carboxylic acids is 1. The minimum Gasteiger partial charge on any atom is -0.450 e. The normalized spacial score (nSPS) is 11.9. The molecular weight excluding hydrogens is 387 g/mol. The third-order valence-corrected chi connectivity index (χ3v) is 3.30. The fraction of sp³-hybridized carbons (Fsp3) is 0.0714. The standard InChI is InChI=1S/C14H8BrClF3NO2/c15-12-5-2-9(22-12)3-6-13(21)20-11-7-8(14(17,18)19)1-4-10(11)16/h1-7H,(H,20,21). The van der Waals surface area contributed by atoms with Crippen molar-refractivity contribution in [3.05, 3.63) is 57.4 Å². The number of nitrogens with one attached hydrogen (secondary N) is 1. The van der Waals surface area contributed by atoms with Crippen LogP contribution in [-0.2, 0) is 11.0 Å². The van der Waals surface area contributed by atoms with Crippen LogP contribution in [0.5, 0.6) is 0 Å². The number of hydrogen-bond donors (Lipinski definition) is 1. The van der Waals surface area contributed by atoms with Gasteiger partial charge in [-0.05, 0) is 52.3 Å². The quantitative estimate of drug-likeness (QED) is 0.712. The van der Waals surface area contributed by atoms with Crippen molar-refractivity contribution < 1.29 is 22.4 Å². The molecular formula is C14H8BrClF3NO2. The Kier molecular flexibility index (Phi) is 4.97. The van der Waals surface area contributed by atoms with Gasteiger partial charge in [0, 0.05) is 6.08 Å². The number of hydrogen-bond acceptors (Lipinski definition) is 2. The molecule has 1 aromatic carbocycles. The average molecular weight is 395 g/mol. The molecule has 8 heteroatoms. The van der Waals surface area contributed by atoms with Gasteiger partial charge in [-0.25, -0.2) is 0 Å². The molecule has 0 aliphatic carbocycles. The van der Waals surface area contributed by atoms with E-state index >= 15 is 0 Å². The molecule has 116 valence electrons. The van der Waals surface area contributed by atoms with E-state index in [1.165, 1.54) is 6.08 Å². The maximum absolute atomic E-state index is 12.6. The lowest BCUT2D eigenvalue weighted by Gasteiger charge is -2.10. The molecule has 0 atom stereocenters. The first-order valence-corrected chi connectivity index (χ1v) is 7.04. The van der Waals surface area contributed by atoms with Crippen LogP contribution >= 0.6 is 27.5 Å². The smallest absolute Gasteiger partial charge is 0.416 e. The maximum Gasteiger partial charge on any atom is 0.416 e. The average Bonchev–Trinajstić information content (AvgIpc) is 2.83. The Morgan fingerprint density at radius 1 is 1.27 bits per heavy atom. The second kappa shape index (κ2) is 6.58. The van der Waals surface area contributed by atoms with Crippen LogP contribution in [0.4, 0.5) is 18.9 Å². The number of anilines is 1. The molecule has 0 radical (unpaired) electrons. The van der Waals surface area contributed by atoms with E-state index in [-0.39, 0.29) is 10.7 Å².